The molecule has 0 fully saturated rings. The summed E-state index contributed by atoms with van der Waals surface area (Å²) < 4.78 is 38.6. The van der Waals surface area contributed by atoms with E-state index in [-0.39, 0.29) is 6.54 Å². The molecule has 0 aliphatic heterocycles. The number of aromatic nitrogens is 1. The van der Waals surface area contributed by atoms with Crippen LogP contribution in [0.1, 0.15) is 11.1 Å². The molecule has 1 aromatic carbocycles. The molecule has 1 aromatic heterocycles. The predicted octanol–water partition coefficient (Wildman–Crippen LogP) is 2.18. The first-order valence-electron chi connectivity index (χ1n) is 6.45. The maximum atomic E-state index is 12.6. The van der Waals surface area contributed by atoms with Gasteiger partial charge in [0.1, 0.15) is 12.1 Å². The highest BCUT2D eigenvalue weighted by atomic mass is 19.4. The van der Waals surface area contributed by atoms with Gasteiger partial charge < -0.3 is 9.88 Å². The van der Waals surface area contributed by atoms with Crippen molar-refractivity contribution in [3.63, 3.8) is 0 Å². The number of alkyl halides is 3. The normalized spacial score (nSPS) is 11.2. The molecule has 2 aromatic rings. The third kappa shape index (κ3) is 3.97. The van der Waals surface area contributed by atoms with Crippen LogP contribution < -0.4 is 10.9 Å². The maximum Gasteiger partial charge on any atom is 0.421 e. The number of benzene rings is 1. The van der Waals surface area contributed by atoms with Gasteiger partial charge in [-0.1, -0.05) is 30.3 Å². The maximum absolute atomic E-state index is 12.6. The fourth-order valence-electron chi connectivity index (χ4n) is 1.88. The highest BCUT2D eigenvalue weighted by Gasteiger charge is 2.34. The highest BCUT2D eigenvalue weighted by Crippen LogP contribution is 2.25. The molecule has 0 aliphatic rings. The zero-order valence-corrected chi connectivity index (χ0v) is 11.4. The van der Waals surface area contributed by atoms with Gasteiger partial charge in [-0.2, -0.15) is 13.2 Å². The Morgan fingerprint density at radius 1 is 1.09 bits per heavy atom. The number of carbonyl (C=O) groups excluding carboxylic acids is 1. The summed E-state index contributed by atoms with van der Waals surface area (Å²) in [5.41, 5.74) is -1.66. The van der Waals surface area contributed by atoms with Crippen LogP contribution in [0, 0.1) is 0 Å². The zero-order valence-electron chi connectivity index (χ0n) is 11.4. The van der Waals surface area contributed by atoms with E-state index in [0.717, 1.165) is 22.4 Å². The smallest absolute Gasteiger partial charge is 0.350 e. The minimum Gasteiger partial charge on any atom is -0.350 e. The summed E-state index contributed by atoms with van der Waals surface area (Å²) in [6.07, 6.45) is -3.58. The number of nitrogens with one attached hydrogen (secondary N) is 1. The summed E-state index contributed by atoms with van der Waals surface area (Å²) in [7, 11) is 0. The average molecular weight is 310 g/mol. The van der Waals surface area contributed by atoms with Gasteiger partial charge in [-0.05, 0) is 17.7 Å². The van der Waals surface area contributed by atoms with Gasteiger partial charge in [0, 0.05) is 12.7 Å². The topological polar surface area (TPSA) is 51.1 Å². The molecule has 22 heavy (non-hydrogen) atoms. The van der Waals surface area contributed by atoms with Crippen LogP contribution in [0.2, 0.25) is 0 Å². The van der Waals surface area contributed by atoms with E-state index < -0.39 is 29.8 Å². The van der Waals surface area contributed by atoms with Crippen molar-refractivity contribution in [3.05, 3.63) is 70.1 Å². The van der Waals surface area contributed by atoms with Crippen molar-refractivity contribution in [3.8, 4) is 0 Å². The van der Waals surface area contributed by atoms with Crippen molar-refractivity contribution in [2.45, 2.75) is 19.3 Å². The van der Waals surface area contributed by atoms with Gasteiger partial charge in [0.2, 0.25) is 5.91 Å². The zero-order chi connectivity index (χ0) is 16.2. The van der Waals surface area contributed by atoms with Crippen molar-refractivity contribution in [2.75, 3.05) is 0 Å². The molecule has 0 bridgehead atoms. The molecule has 1 heterocycles. The van der Waals surface area contributed by atoms with E-state index in [1.165, 1.54) is 0 Å². The van der Waals surface area contributed by atoms with Gasteiger partial charge in [0.05, 0.1) is 0 Å². The molecular weight excluding hydrogens is 297 g/mol. The summed E-state index contributed by atoms with van der Waals surface area (Å²) in [5, 5.41) is 2.55. The molecule has 116 valence electrons. The van der Waals surface area contributed by atoms with Gasteiger partial charge in [-0.15, -0.1) is 0 Å². The van der Waals surface area contributed by atoms with Gasteiger partial charge in [0.15, 0.2) is 0 Å². The van der Waals surface area contributed by atoms with Crippen LogP contribution in [-0.2, 0) is 24.1 Å². The lowest BCUT2D eigenvalue weighted by molar-refractivity contribution is -0.139. The molecule has 0 unspecified atom stereocenters. The van der Waals surface area contributed by atoms with E-state index in [2.05, 4.69) is 5.32 Å². The van der Waals surface area contributed by atoms with Crippen molar-refractivity contribution < 1.29 is 18.0 Å². The number of halogens is 3. The summed E-state index contributed by atoms with van der Waals surface area (Å²) >= 11 is 0. The number of carbonyl (C=O) groups is 1. The molecule has 0 atom stereocenters. The summed E-state index contributed by atoms with van der Waals surface area (Å²) in [6.45, 7) is -0.219. The molecule has 0 saturated carbocycles. The molecule has 0 saturated heterocycles. The molecule has 7 heteroatoms. The lowest BCUT2D eigenvalue weighted by atomic mass is 10.2. The molecule has 1 N–H and O–H groups in total. The second-order valence-electron chi connectivity index (χ2n) is 4.62. The van der Waals surface area contributed by atoms with Crippen LogP contribution in [-0.4, -0.2) is 10.5 Å². The van der Waals surface area contributed by atoms with Gasteiger partial charge in [0.25, 0.3) is 5.56 Å². The lowest BCUT2D eigenvalue weighted by Crippen LogP contribution is -2.34. The van der Waals surface area contributed by atoms with Crippen molar-refractivity contribution >= 4 is 5.91 Å². The minimum absolute atomic E-state index is 0.243. The highest BCUT2D eigenvalue weighted by molar-refractivity contribution is 5.75. The average Bonchev–Trinajstić information content (AvgIpc) is 2.47. The first-order valence-corrected chi connectivity index (χ1v) is 6.45. The van der Waals surface area contributed by atoms with E-state index in [4.69, 9.17) is 0 Å². The Kier molecular flexibility index (Phi) is 4.65. The van der Waals surface area contributed by atoms with E-state index in [0.29, 0.717) is 6.07 Å². The molecule has 1 amide bonds. The number of hydrogen-bond donors (Lipinski definition) is 1. The Labute approximate surface area is 124 Å². The number of rotatable bonds is 4. The van der Waals surface area contributed by atoms with Crippen LogP contribution in [0.4, 0.5) is 13.2 Å². The van der Waals surface area contributed by atoms with E-state index in [1.807, 2.05) is 6.07 Å². The van der Waals surface area contributed by atoms with E-state index >= 15 is 0 Å². The molecule has 0 aliphatic carbocycles. The van der Waals surface area contributed by atoms with Crippen molar-refractivity contribution in [1.29, 1.82) is 0 Å². The quantitative estimate of drug-likeness (QED) is 0.941. The Bertz CT molecular complexity index is 709. The second-order valence-corrected chi connectivity index (χ2v) is 4.62. The first-order chi connectivity index (χ1) is 10.4. The van der Waals surface area contributed by atoms with E-state index in [1.54, 1.807) is 24.3 Å². The molecule has 0 radical (unpaired) electrons. The minimum atomic E-state index is -4.74. The van der Waals surface area contributed by atoms with E-state index in [9.17, 15) is 22.8 Å². The van der Waals surface area contributed by atoms with Crippen LogP contribution in [0.15, 0.2) is 53.5 Å². The van der Waals surface area contributed by atoms with Crippen LogP contribution >= 0.6 is 0 Å². The third-order valence-electron chi connectivity index (χ3n) is 2.97. The first kappa shape index (κ1) is 15.8. The third-order valence-corrected chi connectivity index (χ3v) is 2.97. The fraction of sp³-hybridized carbons (Fsp3) is 0.200. The summed E-state index contributed by atoms with van der Waals surface area (Å²) in [5.74, 6) is -0.537. The Balaban J connectivity index is 2.05. The molecule has 0 spiro atoms. The van der Waals surface area contributed by atoms with Gasteiger partial charge in [-0.25, -0.2) is 0 Å². The summed E-state index contributed by atoms with van der Waals surface area (Å²) in [4.78, 5) is 23.4. The fourth-order valence-corrected chi connectivity index (χ4v) is 1.88. The van der Waals surface area contributed by atoms with Crippen LogP contribution in [0.25, 0.3) is 0 Å². The Hall–Kier alpha value is -2.57. The Morgan fingerprint density at radius 2 is 1.77 bits per heavy atom. The number of pyridine rings is 1. The SMILES string of the molecule is O=C(Cn1cccc(C(F)(F)F)c1=O)NCc1ccccc1. The van der Waals surface area contributed by atoms with Crippen LogP contribution in [0.5, 0.6) is 0 Å². The predicted molar refractivity (Wildman–Crippen MR) is 74.0 cm³/mol. The molecule has 4 nitrogen and oxygen atoms in total. The van der Waals surface area contributed by atoms with Gasteiger partial charge >= 0.3 is 6.18 Å². The molecular formula is C15H13F3N2O2. The summed E-state index contributed by atoms with van der Waals surface area (Å²) in [6, 6.07) is 10.8. The van der Waals surface area contributed by atoms with Crippen molar-refractivity contribution in [2.24, 2.45) is 0 Å². The standard InChI is InChI=1S/C15H13F3N2O2/c16-15(17,18)12-7-4-8-20(14(12)22)10-13(21)19-9-11-5-2-1-3-6-11/h1-8H,9-10H2,(H,19,21). The van der Waals surface area contributed by atoms with Gasteiger partial charge in [-0.3, -0.25) is 9.59 Å². The number of amides is 1. The monoisotopic (exact) mass is 310 g/mol. The number of nitrogens with zero attached hydrogens (tertiary/aromatic N) is 1. The van der Waals surface area contributed by atoms with Crippen LogP contribution in [0.3, 0.4) is 0 Å². The van der Waals surface area contributed by atoms with Crippen molar-refractivity contribution in [1.82, 2.24) is 9.88 Å². The molecule has 2 rings (SSSR count). The second kappa shape index (κ2) is 6.46. The Morgan fingerprint density at radius 3 is 2.41 bits per heavy atom. The lowest BCUT2D eigenvalue weighted by Gasteiger charge is -2.10. The largest absolute Gasteiger partial charge is 0.421 e. The number of hydrogen-bond acceptors (Lipinski definition) is 2.